The van der Waals surface area contributed by atoms with E-state index in [1.54, 1.807) is 29.1 Å². The normalized spacial score (nSPS) is 19.2. The average molecular weight is 469 g/mol. The molecule has 2 amide bonds. The van der Waals surface area contributed by atoms with Crippen molar-refractivity contribution in [3.63, 3.8) is 0 Å². The summed E-state index contributed by atoms with van der Waals surface area (Å²) in [6.45, 7) is 6.76. The third kappa shape index (κ3) is 5.93. The minimum Gasteiger partial charge on any atom is -0.472 e. The highest BCUT2D eigenvalue weighted by Crippen LogP contribution is 2.30. The minimum absolute atomic E-state index is 0.0116. The summed E-state index contributed by atoms with van der Waals surface area (Å²) in [4.78, 5) is 35.8. The molecule has 1 N–H and O–H groups in total. The maximum absolute atomic E-state index is 13.6. The van der Waals surface area contributed by atoms with E-state index in [0.29, 0.717) is 25.2 Å². The molecule has 0 unspecified atom stereocenters. The molecular weight excluding hydrogens is 432 g/mol. The van der Waals surface area contributed by atoms with Gasteiger partial charge in [0.25, 0.3) is 5.91 Å². The summed E-state index contributed by atoms with van der Waals surface area (Å²) in [6, 6.07) is 9.47. The van der Waals surface area contributed by atoms with Gasteiger partial charge >= 0.3 is 0 Å². The highest BCUT2D eigenvalue weighted by molar-refractivity contribution is 5.98. The molecule has 0 spiro atoms. The Bertz CT molecular complexity index is 1010. The number of ether oxygens (including phenoxy) is 1. The van der Waals surface area contributed by atoms with Gasteiger partial charge in [0, 0.05) is 31.3 Å². The van der Waals surface area contributed by atoms with Crippen LogP contribution in [0.2, 0.25) is 0 Å². The summed E-state index contributed by atoms with van der Waals surface area (Å²) in [5.74, 6) is -0.0666. The van der Waals surface area contributed by atoms with Crippen LogP contribution in [0.15, 0.2) is 36.5 Å². The molecule has 34 heavy (non-hydrogen) atoms. The molecule has 0 saturated carbocycles. The average Bonchev–Trinajstić information content (AvgIpc) is 2.80. The molecule has 1 aliphatic rings. The number of rotatable bonds is 7. The van der Waals surface area contributed by atoms with Gasteiger partial charge in [-0.2, -0.15) is 0 Å². The third-order valence-corrected chi connectivity index (χ3v) is 6.24. The Hall–Kier alpha value is -2.97. The topological polar surface area (TPSA) is 86.2 Å². The monoisotopic (exact) mass is 468 g/mol. The molecule has 2 heterocycles. The van der Waals surface area contributed by atoms with E-state index in [-0.39, 0.29) is 42.4 Å². The van der Waals surface area contributed by atoms with Gasteiger partial charge in [0.05, 0.1) is 25.7 Å². The maximum atomic E-state index is 13.6. The van der Waals surface area contributed by atoms with Gasteiger partial charge in [0.2, 0.25) is 11.8 Å². The summed E-state index contributed by atoms with van der Waals surface area (Å²) < 4.78 is 6.29. The van der Waals surface area contributed by atoms with Crippen molar-refractivity contribution in [2.24, 2.45) is 5.92 Å². The molecule has 2 aromatic rings. The SMILES string of the molecule is Cc1ccc(-c2cnc3c(c2)C(=O)N([C@@H](C)CO)C[C@@H](C)[C@H](CN(C)C(=O)CN(C)C)O3)cc1. The Morgan fingerprint density at radius 2 is 1.91 bits per heavy atom. The zero-order valence-electron chi connectivity index (χ0n) is 21.0. The Labute approximate surface area is 202 Å². The summed E-state index contributed by atoms with van der Waals surface area (Å²) in [7, 11) is 5.47. The standard InChI is InChI=1S/C26H36N4O4/c1-17-7-9-20(10-8-17)21-11-22-25(27-12-21)34-23(14-29(6)24(32)15-28(4)5)18(2)13-30(26(22)33)19(3)16-31/h7-12,18-19,23,31H,13-16H2,1-6H3/t18-,19+,23+/m1/s1. The Balaban J connectivity index is 1.98. The molecule has 3 rings (SSSR count). The van der Waals surface area contributed by atoms with Gasteiger partial charge in [0.15, 0.2) is 0 Å². The van der Waals surface area contributed by atoms with Gasteiger partial charge in [-0.3, -0.25) is 9.59 Å². The number of carbonyl (C=O) groups is 2. The van der Waals surface area contributed by atoms with Crippen LogP contribution in [0, 0.1) is 12.8 Å². The molecule has 1 aromatic carbocycles. The summed E-state index contributed by atoms with van der Waals surface area (Å²) in [6.07, 6.45) is 1.34. The molecule has 1 aliphatic heterocycles. The predicted molar refractivity (Wildman–Crippen MR) is 132 cm³/mol. The van der Waals surface area contributed by atoms with Crippen molar-refractivity contribution in [1.29, 1.82) is 0 Å². The first kappa shape index (κ1) is 25.6. The van der Waals surface area contributed by atoms with Crippen molar-refractivity contribution in [3.05, 3.63) is 47.7 Å². The number of fused-ring (bicyclic) bond motifs is 1. The van der Waals surface area contributed by atoms with E-state index in [1.807, 2.05) is 64.0 Å². The molecule has 0 saturated heterocycles. The Kier molecular flexibility index (Phi) is 8.28. The largest absolute Gasteiger partial charge is 0.472 e. The lowest BCUT2D eigenvalue weighted by Crippen LogP contribution is -2.51. The van der Waals surface area contributed by atoms with E-state index >= 15 is 0 Å². The first-order valence-electron chi connectivity index (χ1n) is 11.6. The van der Waals surface area contributed by atoms with E-state index in [1.165, 1.54) is 0 Å². The van der Waals surface area contributed by atoms with Gasteiger partial charge in [0.1, 0.15) is 11.7 Å². The second-order valence-corrected chi connectivity index (χ2v) is 9.58. The number of aliphatic hydroxyl groups is 1. The van der Waals surface area contributed by atoms with E-state index in [0.717, 1.165) is 16.7 Å². The van der Waals surface area contributed by atoms with Crippen LogP contribution >= 0.6 is 0 Å². The predicted octanol–water partition coefficient (Wildman–Crippen LogP) is 2.30. The molecule has 0 fully saturated rings. The Morgan fingerprint density at radius 1 is 1.24 bits per heavy atom. The molecule has 1 aromatic heterocycles. The molecule has 0 bridgehead atoms. The quantitative estimate of drug-likeness (QED) is 0.671. The molecule has 8 heteroatoms. The van der Waals surface area contributed by atoms with Crippen LogP contribution in [0.1, 0.15) is 29.8 Å². The Morgan fingerprint density at radius 3 is 2.53 bits per heavy atom. The lowest BCUT2D eigenvalue weighted by atomic mass is 9.99. The number of pyridine rings is 1. The second kappa shape index (κ2) is 11.0. The fraction of sp³-hybridized carbons (Fsp3) is 0.500. The zero-order chi connectivity index (χ0) is 25.0. The number of aromatic nitrogens is 1. The van der Waals surface area contributed by atoms with Crippen LogP contribution in [0.3, 0.4) is 0 Å². The van der Waals surface area contributed by atoms with Crippen molar-refractivity contribution in [3.8, 4) is 17.0 Å². The van der Waals surface area contributed by atoms with Gasteiger partial charge < -0.3 is 24.5 Å². The van der Waals surface area contributed by atoms with Gasteiger partial charge in [-0.15, -0.1) is 0 Å². The van der Waals surface area contributed by atoms with E-state index < -0.39 is 0 Å². The molecule has 184 valence electrons. The van der Waals surface area contributed by atoms with Crippen LogP contribution in [0.25, 0.3) is 11.1 Å². The molecule has 8 nitrogen and oxygen atoms in total. The van der Waals surface area contributed by atoms with Crippen LogP contribution < -0.4 is 4.74 Å². The van der Waals surface area contributed by atoms with Crippen LogP contribution in [-0.2, 0) is 4.79 Å². The number of hydrogen-bond donors (Lipinski definition) is 1. The molecule has 3 atom stereocenters. The van der Waals surface area contributed by atoms with Crippen LogP contribution in [0.4, 0.5) is 0 Å². The highest BCUT2D eigenvalue weighted by atomic mass is 16.5. The van der Waals surface area contributed by atoms with Crippen molar-refractivity contribution in [1.82, 2.24) is 19.7 Å². The molecular formula is C26H36N4O4. The van der Waals surface area contributed by atoms with Gasteiger partial charge in [-0.05, 0) is 39.6 Å². The lowest BCUT2D eigenvalue weighted by Gasteiger charge is -2.37. The van der Waals surface area contributed by atoms with Crippen LogP contribution in [-0.4, -0.2) is 96.1 Å². The molecule has 0 aliphatic carbocycles. The summed E-state index contributed by atoms with van der Waals surface area (Å²) in [5, 5.41) is 9.83. The summed E-state index contributed by atoms with van der Waals surface area (Å²) in [5.41, 5.74) is 3.28. The number of amides is 2. The van der Waals surface area contributed by atoms with E-state index in [9.17, 15) is 14.7 Å². The number of aryl methyl sites for hydroxylation is 1. The smallest absolute Gasteiger partial charge is 0.259 e. The van der Waals surface area contributed by atoms with Gasteiger partial charge in [-0.1, -0.05) is 36.8 Å². The lowest BCUT2D eigenvalue weighted by molar-refractivity contribution is -0.132. The van der Waals surface area contributed by atoms with E-state index in [2.05, 4.69) is 4.98 Å². The number of aliphatic hydroxyl groups excluding tert-OH is 1. The first-order chi connectivity index (χ1) is 16.1. The van der Waals surface area contributed by atoms with Crippen molar-refractivity contribution in [2.45, 2.75) is 32.9 Å². The zero-order valence-corrected chi connectivity index (χ0v) is 21.0. The second-order valence-electron chi connectivity index (χ2n) is 9.58. The maximum Gasteiger partial charge on any atom is 0.259 e. The highest BCUT2D eigenvalue weighted by Gasteiger charge is 2.34. The summed E-state index contributed by atoms with van der Waals surface area (Å²) >= 11 is 0. The van der Waals surface area contributed by atoms with Crippen LogP contribution in [0.5, 0.6) is 5.88 Å². The van der Waals surface area contributed by atoms with Crippen molar-refractivity contribution in [2.75, 3.05) is 47.4 Å². The first-order valence-corrected chi connectivity index (χ1v) is 11.6. The van der Waals surface area contributed by atoms with Crippen molar-refractivity contribution < 1.29 is 19.4 Å². The fourth-order valence-corrected chi connectivity index (χ4v) is 3.99. The molecule has 0 radical (unpaired) electrons. The number of carbonyl (C=O) groups excluding carboxylic acids is 2. The minimum atomic E-state index is -0.367. The third-order valence-electron chi connectivity index (χ3n) is 6.24. The number of hydrogen-bond acceptors (Lipinski definition) is 6. The van der Waals surface area contributed by atoms with Gasteiger partial charge in [-0.25, -0.2) is 4.98 Å². The number of likely N-dealkylation sites (N-methyl/N-ethyl adjacent to an activating group) is 2. The van der Waals surface area contributed by atoms with E-state index in [4.69, 9.17) is 4.74 Å². The number of benzene rings is 1. The number of nitrogens with zero attached hydrogens (tertiary/aromatic N) is 4. The van der Waals surface area contributed by atoms with Crippen molar-refractivity contribution >= 4 is 11.8 Å². The fourth-order valence-electron chi connectivity index (χ4n) is 3.99.